The molecule has 5 rings (SSSR count). The average Bonchev–Trinajstić information content (AvgIpc) is 3.39. The number of hydrogen-bond acceptors (Lipinski definition) is 5. The van der Waals surface area contributed by atoms with Gasteiger partial charge in [-0.3, -0.25) is 14.7 Å². The van der Waals surface area contributed by atoms with Crippen LogP contribution in [0.1, 0.15) is 43.2 Å². The largest absolute Gasteiger partial charge is 0.508 e. The second kappa shape index (κ2) is 8.10. The molecule has 1 unspecified atom stereocenters. The predicted molar refractivity (Wildman–Crippen MR) is 119 cm³/mol. The highest BCUT2D eigenvalue weighted by molar-refractivity contribution is 6.06. The zero-order chi connectivity index (χ0) is 21.4. The van der Waals surface area contributed by atoms with E-state index < -0.39 is 0 Å². The fourth-order valence-corrected chi connectivity index (χ4v) is 4.85. The van der Waals surface area contributed by atoms with Crippen molar-refractivity contribution in [1.82, 2.24) is 10.2 Å². The zero-order valence-corrected chi connectivity index (χ0v) is 17.4. The topological polar surface area (TPSA) is 85.2 Å². The summed E-state index contributed by atoms with van der Waals surface area (Å²) in [6.07, 6.45) is 6.39. The number of benzene rings is 2. The number of aliphatic imine (C=N–C) groups is 1. The van der Waals surface area contributed by atoms with Crippen molar-refractivity contribution in [2.24, 2.45) is 10.9 Å². The van der Waals surface area contributed by atoms with Crippen molar-refractivity contribution >= 4 is 11.6 Å². The highest BCUT2D eigenvalue weighted by atomic mass is 16.3. The van der Waals surface area contributed by atoms with E-state index >= 15 is 0 Å². The van der Waals surface area contributed by atoms with E-state index in [4.69, 9.17) is 4.99 Å². The minimum absolute atomic E-state index is 0.0539. The van der Waals surface area contributed by atoms with E-state index in [1.807, 2.05) is 29.2 Å². The smallest absolute Gasteiger partial charge is 0.251 e. The van der Waals surface area contributed by atoms with E-state index in [0.717, 1.165) is 34.8 Å². The number of amides is 1. The van der Waals surface area contributed by atoms with Crippen molar-refractivity contribution in [2.45, 2.75) is 44.6 Å². The summed E-state index contributed by atoms with van der Waals surface area (Å²) in [7, 11) is 0. The summed E-state index contributed by atoms with van der Waals surface area (Å²) in [5.74, 6) is 1.96. The standard InChI is InChI=1S/C25H27N3O3/c29-19-9-5-17(6-10-19)14-22-25(31)28-15-23(18-7-11-20(30)12-8-18)26-21(24(28)27-22)13-16-3-1-2-4-16/h5-12,16,22,27,29-30H,1-4,13-15H2. The molecule has 0 spiro atoms. The number of aromatic hydroxyl groups is 2. The highest BCUT2D eigenvalue weighted by Crippen LogP contribution is 2.35. The monoisotopic (exact) mass is 417 g/mol. The van der Waals surface area contributed by atoms with E-state index in [2.05, 4.69) is 5.32 Å². The maximum absolute atomic E-state index is 13.3. The molecule has 2 aromatic rings. The van der Waals surface area contributed by atoms with Gasteiger partial charge in [-0.25, -0.2) is 0 Å². The van der Waals surface area contributed by atoms with Gasteiger partial charge in [-0.05, 0) is 59.9 Å². The van der Waals surface area contributed by atoms with E-state index in [-0.39, 0.29) is 23.4 Å². The first-order valence-corrected chi connectivity index (χ1v) is 11.0. The highest BCUT2D eigenvalue weighted by Gasteiger charge is 2.40. The number of phenolic OH excluding ortho intramolecular Hbond substituents is 2. The third-order valence-electron chi connectivity index (χ3n) is 6.53. The van der Waals surface area contributed by atoms with Crippen molar-refractivity contribution in [1.29, 1.82) is 0 Å². The van der Waals surface area contributed by atoms with Crippen molar-refractivity contribution in [2.75, 3.05) is 6.54 Å². The normalized spacial score (nSPS) is 21.3. The van der Waals surface area contributed by atoms with Crippen molar-refractivity contribution < 1.29 is 15.0 Å². The molecule has 2 fully saturated rings. The van der Waals surface area contributed by atoms with E-state index in [1.54, 1.807) is 24.3 Å². The molecule has 31 heavy (non-hydrogen) atoms. The summed E-state index contributed by atoms with van der Waals surface area (Å²) in [5, 5.41) is 22.6. The number of carbonyl (C=O) groups excluding carboxylic acids is 1. The summed E-state index contributed by atoms with van der Waals surface area (Å²) in [5.41, 5.74) is 3.75. The first kappa shape index (κ1) is 19.7. The Balaban J connectivity index is 1.44. The van der Waals surface area contributed by atoms with Gasteiger partial charge in [-0.2, -0.15) is 0 Å². The number of rotatable bonds is 5. The number of nitrogens with zero attached hydrogens (tertiary/aromatic N) is 2. The lowest BCUT2D eigenvalue weighted by Gasteiger charge is -2.26. The molecule has 0 bridgehead atoms. The fourth-order valence-electron chi connectivity index (χ4n) is 4.85. The van der Waals surface area contributed by atoms with Gasteiger partial charge in [0.25, 0.3) is 5.91 Å². The third-order valence-corrected chi connectivity index (χ3v) is 6.53. The average molecular weight is 418 g/mol. The molecular formula is C25H27N3O3. The van der Waals surface area contributed by atoms with Gasteiger partial charge in [0.05, 0.1) is 18.0 Å². The lowest BCUT2D eigenvalue weighted by molar-refractivity contribution is -0.127. The Morgan fingerprint density at radius 3 is 2.26 bits per heavy atom. The maximum atomic E-state index is 13.3. The molecule has 0 radical (unpaired) electrons. The van der Waals surface area contributed by atoms with Gasteiger partial charge in [0, 0.05) is 6.42 Å². The molecule has 3 aliphatic rings. The number of carbonyl (C=O) groups is 1. The summed E-state index contributed by atoms with van der Waals surface area (Å²) in [6, 6.07) is 13.7. The Labute approximate surface area is 181 Å². The van der Waals surface area contributed by atoms with Gasteiger partial charge in [-0.15, -0.1) is 0 Å². The molecule has 1 aliphatic carbocycles. The summed E-state index contributed by atoms with van der Waals surface area (Å²) < 4.78 is 0. The van der Waals surface area contributed by atoms with Gasteiger partial charge in [-0.1, -0.05) is 37.8 Å². The van der Waals surface area contributed by atoms with E-state index in [0.29, 0.717) is 18.9 Å². The van der Waals surface area contributed by atoms with Crippen LogP contribution >= 0.6 is 0 Å². The molecule has 6 nitrogen and oxygen atoms in total. The third kappa shape index (κ3) is 4.02. The molecular weight excluding hydrogens is 390 g/mol. The van der Waals surface area contributed by atoms with Crippen LogP contribution in [0.2, 0.25) is 0 Å². The van der Waals surface area contributed by atoms with Crippen LogP contribution in [0.3, 0.4) is 0 Å². The molecule has 1 saturated heterocycles. The van der Waals surface area contributed by atoms with Gasteiger partial charge >= 0.3 is 0 Å². The first-order chi connectivity index (χ1) is 15.1. The fraction of sp³-hybridized carbons (Fsp3) is 0.360. The molecule has 3 N–H and O–H groups in total. The van der Waals surface area contributed by atoms with Crippen LogP contribution in [0.4, 0.5) is 0 Å². The van der Waals surface area contributed by atoms with Gasteiger partial charge in [0.15, 0.2) is 0 Å². The number of hydrogen-bond donors (Lipinski definition) is 3. The lowest BCUT2D eigenvalue weighted by atomic mass is 10.00. The lowest BCUT2D eigenvalue weighted by Crippen LogP contribution is -2.36. The SMILES string of the molecule is O=C1C(Cc2ccc(O)cc2)NC2=C(CC3CCCC3)N=C(c3ccc(O)cc3)CN12. The van der Waals surface area contributed by atoms with Crippen molar-refractivity contribution in [3.05, 3.63) is 71.2 Å². The Kier molecular flexibility index (Phi) is 5.14. The van der Waals surface area contributed by atoms with Crippen LogP contribution in [0.5, 0.6) is 11.5 Å². The molecule has 1 saturated carbocycles. The Morgan fingerprint density at radius 2 is 1.58 bits per heavy atom. The van der Waals surface area contributed by atoms with Gasteiger partial charge in [0.2, 0.25) is 0 Å². The minimum atomic E-state index is -0.340. The summed E-state index contributed by atoms with van der Waals surface area (Å²) in [4.78, 5) is 20.1. The van der Waals surface area contributed by atoms with Crippen LogP contribution in [-0.2, 0) is 11.2 Å². The second-order valence-electron chi connectivity index (χ2n) is 8.75. The Morgan fingerprint density at radius 1 is 0.935 bits per heavy atom. The minimum Gasteiger partial charge on any atom is -0.508 e. The molecule has 2 aromatic carbocycles. The zero-order valence-electron chi connectivity index (χ0n) is 17.4. The molecule has 6 heteroatoms. The molecule has 2 heterocycles. The molecule has 2 aliphatic heterocycles. The van der Waals surface area contributed by atoms with Crippen LogP contribution < -0.4 is 5.32 Å². The Bertz CT molecular complexity index is 1030. The molecule has 160 valence electrons. The predicted octanol–water partition coefficient (Wildman–Crippen LogP) is 3.69. The van der Waals surface area contributed by atoms with Crippen LogP contribution in [0.25, 0.3) is 0 Å². The van der Waals surface area contributed by atoms with Crippen LogP contribution in [0.15, 0.2) is 65.0 Å². The van der Waals surface area contributed by atoms with Gasteiger partial charge < -0.3 is 15.5 Å². The first-order valence-electron chi connectivity index (χ1n) is 11.0. The summed E-state index contributed by atoms with van der Waals surface area (Å²) in [6.45, 7) is 0.423. The second-order valence-corrected chi connectivity index (χ2v) is 8.75. The number of phenols is 2. The van der Waals surface area contributed by atoms with E-state index in [9.17, 15) is 15.0 Å². The quantitative estimate of drug-likeness (QED) is 0.693. The molecule has 0 aromatic heterocycles. The van der Waals surface area contributed by atoms with Crippen molar-refractivity contribution in [3.63, 3.8) is 0 Å². The van der Waals surface area contributed by atoms with Crippen molar-refractivity contribution in [3.8, 4) is 11.5 Å². The summed E-state index contributed by atoms with van der Waals surface area (Å²) >= 11 is 0. The van der Waals surface area contributed by atoms with Crippen LogP contribution in [0, 0.1) is 5.92 Å². The molecule has 1 amide bonds. The van der Waals surface area contributed by atoms with E-state index in [1.165, 1.54) is 25.7 Å². The molecule has 1 atom stereocenters. The van der Waals surface area contributed by atoms with Gasteiger partial charge in [0.1, 0.15) is 23.4 Å². The maximum Gasteiger partial charge on any atom is 0.251 e. The number of fused-ring (bicyclic) bond motifs is 1. The number of nitrogens with one attached hydrogen (secondary N) is 1. The number of allylic oxidation sites excluding steroid dienone is 1. The van der Waals surface area contributed by atoms with Crippen LogP contribution in [-0.4, -0.2) is 39.3 Å². The Hall–Kier alpha value is -3.28.